The van der Waals surface area contributed by atoms with Gasteiger partial charge in [-0.05, 0) is 61.4 Å². The number of ether oxygens (including phenoxy) is 1. The van der Waals surface area contributed by atoms with E-state index >= 15 is 0 Å². The van der Waals surface area contributed by atoms with Crippen molar-refractivity contribution in [2.24, 2.45) is 4.99 Å². The molecule has 0 spiro atoms. The number of rotatable bonds is 5. The van der Waals surface area contributed by atoms with Crippen LogP contribution < -0.4 is 15.4 Å². The van der Waals surface area contributed by atoms with Gasteiger partial charge in [-0.25, -0.2) is 9.97 Å². The number of pyridine rings is 1. The maximum absolute atomic E-state index is 5.45. The van der Waals surface area contributed by atoms with Crippen LogP contribution in [0.1, 0.15) is 12.8 Å². The highest BCUT2D eigenvalue weighted by Gasteiger charge is 2.22. The molecule has 0 saturated heterocycles. The summed E-state index contributed by atoms with van der Waals surface area (Å²) < 4.78 is 7.71. The fourth-order valence-electron chi connectivity index (χ4n) is 4.10. The Morgan fingerprint density at radius 3 is 2.58 bits per heavy atom. The number of anilines is 2. The Bertz CT molecular complexity index is 1490. The first-order valence-electron chi connectivity index (χ1n) is 11.1. The van der Waals surface area contributed by atoms with Crippen LogP contribution in [0.2, 0.25) is 0 Å². The second kappa shape index (κ2) is 8.06. The lowest BCUT2D eigenvalue weighted by molar-refractivity contribution is 0.400. The molecule has 6 rings (SSSR count). The standard InChI is InChI=1S/C27H23N5O/c1-33-27-21(11-7-15-28-27)31-22-16-24-26(17-23(22)29-18-13-14-18)32(19-8-3-2-4-9-19)25-12-6-5-10-20(25)30-24/h2-12,15-18,31H,13-14H2,1H3. The average molecular weight is 434 g/mol. The normalized spacial score (nSPS) is 14.0. The van der Waals surface area contributed by atoms with Crippen LogP contribution in [-0.2, 0) is 0 Å². The quantitative estimate of drug-likeness (QED) is 0.380. The first-order valence-corrected chi connectivity index (χ1v) is 11.1. The predicted molar refractivity (Wildman–Crippen MR) is 130 cm³/mol. The van der Waals surface area contributed by atoms with Gasteiger partial charge >= 0.3 is 0 Å². The third kappa shape index (κ3) is 3.69. The van der Waals surface area contributed by atoms with Crippen LogP contribution in [0.3, 0.4) is 0 Å². The van der Waals surface area contributed by atoms with E-state index in [4.69, 9.17) is 14.7 Å². The lowest BCUT2D eigenvalue weighted by atomic mass is 10.1. The van der Waals surface area contributed by atoms with E-state index in [2.05, 4.69) is 63.4 Å². The van der Waals surface area contributed by atoms with Crippen LogP contribution in [0.15, 0.2) is 90.1 Å². The number of hydrogen-bond donors (Lipinski definition) is 1. The van der Waals surface area contributed by atoms with Crippen molar-refractivity contribution in [2.75, 3.05) is 12.4 Å². The van der Waals surface area contributed by atoms with E-state index < -0.39 is 0 Å². The van der Waals surface area contributed by atoms with E-state index in [0.29, 0.717) is 11.9 Å². The van der Waals surface area contributed by atoms with E-state index in [9.17, 15) is 0 Å². The summed E-state index contributed by atoms with van der Waals surface area (Å²) >= 11 is 0. The molecule has 6 heteroatoms. The van der Waals surface area contributed by atoms with Crippen LogP contribution in [0, 0.1) is 0 Å². The van der Waals surface area contributed by atoms with Crippen molar-refractivity contribution in [1.82, 2.24) is 14.5 Å². The van der Waals surface area contributed by atoms with Crippen molar-refractivity contribution < 1.29 is 4.74 Å². The molecule has 1 aliphatic heterocycles. The van der Waals surface area contributed by atoms with Gasteiger partial charge in [0.2, 0.25) is 5.88 Å². The summed E-state index contributed by atoms with van der Waals surface area (Å²) in [5, 5.41) is 4.41. The molecule has 3 aromatic rings. The van der Waals surface area contributed by atoms with Gasteiger partial charge in [0.05, 0.1) is 46.6 Å². The summed E-state index contributed by atoms with van der Waals surface area (Å²) in [5.41, 5.74) is 6.68. The van der Waals surface area contributed by atoms with Gasteiger partial charge in [-0.3, -0.25) is 4.99 Å². The molecule has 0 amide bonds. The van der Waals surface area contributed by atoms with Crippen molar-refractivity contribution in [2.45, 2.75) is 18.9 Å². The van der Waals surface area contributed by atoms with Crippen LogP contribution >= 0.6 is 0 Å². The van der Waals surface area contributed by atoms with E-state index in [1.807, 2.05) is 30.3 Å². The number of benzene rings is 3. The molecule has 33 heavy (non-hydrogen) atoms. The third-order valence-electron chi connectivity index (χ3n) is 5.81. The Hall–Kier alpha value is -4.19. The summed E-state index contributed by atoms with van der Waals surface area (Å²) in [6, 6.07) is 27.1. The SMILES string of the molecule is COc1ncccc1Nc1cc2nc3ccccc3n(-c3ccccc3)c-2cc1=NC1CC1. The molecule has 1 saturated carbocycles. The monoisotopic (exact) mass is 433 g/mol. The van der Waals surface area contributed by atoms with Crippen LogP contribution in [0.4, 0.5) is 11.4 Å². The second-order valence-electron chi connectivity index (χ2n) is 8.18. The molecular weight excluding hydrogens is 410 g/mol. The molecule has 0 radical (unpaired) electrons. The summed E-state index contributed by atoms with van der Waals surface area (Å²) in [6.45, 7) is 0. The Morgan fingerprint density at radius 2 is 1.76 bits per heavy atom. The van der Waals surface area contributed by atoms with E-state index in [0.717, 1.165) is 57.7 Å². The van der Waals surface area contributed by atoms with Crippen molar-refractivity contribution in [3.8, 4) is 23.0 Å². The molecule has 2 aromatic carbocycles. The van der Waals surface area contributed by atoms with Crippen molar-refractivity contribution >= 4 is 22.4 Å². The number of hydrogen-bond acceptors (Lipinski definition) is 5. The number of fused-ring (bicyclic) bond motifs is 2. The minimum atomic E-state index is 0.373. The summed E-state index contributed by atoms with van der Waals surface area (Å²) in [6.07, 6.45) is 3.97. The Balaban J connectivity index is 1.63. The fourth-order valence-corrected chi connectivity index (χ4v) is 4.10. The Morgan fingerprint density at radius 1 is 0.939 bits per heavy atom. The lowest BCUT2D eigenvalue weighted by Gasteiger charge is -2.20. The maximum Gasteiger partial charge on any atom is 0.237 e. The van der Waals surface area contributed by atoms with Gasteiger partial charge in [-0.1, -0.05) is 30.3 Å². The van der Waals surface area contributed by atoms with Gasteiger partial charge in [0.1, 0.15) is 5.69 Å². The zero-order chi connectivity index (χ0) is 22.2. The van der Waals surface area contributed by atoms with Crippen molar-refractivity contribution in [3.05, 3.63) is 90.4 Å². The third-order valence-corrected chi connectivity index (χ3v) is 5.81. The highest BCUT2D eigenvalue weighted by atomic mass is 16.5. The molecule has 3 aliphatic rings. The summed E-state index contributed by atoms with van der Waals surface area (Å²) in [7, 11) is 1.62. The second-order valence-corrected chi connectivity index (χ2v) is 8.18. The number of nitrogens with zero attached hydrogens (tertiary/aromatic N) is 4. The van der Waals surface area contributed by atoms with Crippen LogP contribution in [-0.4, -0.2) is 27.7 Å². The fraction of sp³-hybridized carbons (Fsp3) is 0.148. The van der Waals surface area contributed by atoms with E-state index in [-0.39, 0.29) is 0 Å². The zero-order valence-electron chi connectivity index (χ0n) is 18.3. The van der Waals surface area contributed by atoms with Gasteiger partial charge in [0.25, 0.3) is 0 Å². The maximum atomic E-state index is 5.45. The average Bonchev–Trinajstić information content (AvgIpc) is 3.68. The van der Waals surface area contributed by atoms with Gasteiger partial charge in [-0.15, -0.1) is 0 Å². The lowest BCUT2D eigenvalue weighted by Crippen LogP contribution is -2.16. The topological polar surface area (TPSA) is 64.3 Å². The predicted octanol–water partition coefficient (Wildman–Crippen LogP) is 5.34. The zero-order valence-corrected chi connectivity index (χ0v) is 18.3. The minimum absolute atomic E-state index is 0.373. The first kappa shape index (κ1) is 19.5. The molecule has 0 atom stereocenters. The number of nitrogens with one attached hydrogen (secondary N) is 1. The Kier molecular flexibility index (Phi) is 4.76. The number of para-hydroxylation sites is 3. The van der Waals surface area contributed by atoms with Crippen LogP contribution in [0.25, 0.3) is 28.1 Å². The van der Waals surface area contributed by atoms with Gasteiger partial charge in [-0.2, -0.15) is 0 Å². The van der Waals surface area contributed by atoms with Crippen molar-refractivity contribution in [3.63, 3.8) is 0 Å². The first-order chi connectivity index (χ1) is 16.3. The highest BCUT2D eigenvalue weighted by Crippen LogP contribution is 2.32. The van der Waals surface area contributed by atoms with E-state index in [1.165, 1.54) is 0 Å². The molecule has 2 aliphatic carbocycles. The molecule has 1 fully saturated rings. The highest BCUT2D eigenvalue weighted by molar-refractivity contribution is 5.84. The van der Waals surface area contributed by atoms with Crippen molar-refractivity contribution in [1.29, 1.82) is 0 Å². The molecule has 162 valence electrons. The van der Waals surface area contributed by atoms with Crippen LogP contribution in [0.5, 0.6) is 5.88 Å². The Labute approximate surface area is 191 Å². The molecule has 6 nitrogen and oxygen atoms in total. The molecular formula is C27H23N5O. The largest absolute Gasteiger partial charge is 0.480 e. The molecule has 0 bridgehead atoms. The molecule has 1 aromatic heterocycles. The summed E-state index contributed by atoms with van der Waals surface area (Å²) in [5.74, 6) is 0.542. The van der Waals surface area contributed by atoms with Gasteiger partial charge in [0.15, 0.2) is 0 Å². The van der Waals surface area contributed by atoms with E-state index in [1.54, 1.807) is 13.3 Å². The number of aromatic nitrogens is 3. The number of methoxy groups -OCH3 is 1. The molecule has 2 heterocycles. The summed E-state index contributed by atoms with van der Waals surface area (Å²) in [4.78, 5) is 14.3. The minimum Gasteiger partial charge on any atom is -0.480 e. The van der Waals surface area contributed by atoms with Gasteiger partial charge in [0, 0.05) is 11.9 Å². The molecule has 0 unspecified atom stereocenters. The molecule has 1 N–H and O–H groups in total. The van der Waals surface area contributed by atoms with Gasteiger partial charge < -0.3 is 14.6 Å². The smallest absolute Gasteiger partial charge is 0.237 e.